The van der Waals surface area contributed by atoms with E-state index in [2.05, 4.69) is 6.92 Å². The second kappa shape index (κ2) is 14.0. The number of hydrogen-bond donors (Lipinski definition) is 2. The van der Waals surface area contributed by atoms with Crippen LogP contribution in [0.5, 0.6) is 0 Å². The van der Waals surface area contributed by atoms with Crippen LogP contribution in [0.25, 0.3) is 0 Å². The van der Waals surface area contributed by atoms with Gasteiger partial charge in [0.15, 0.2) is 0 Å². The molecule has 0 aliphatic rings. The highest BCUT2D eigenvalue weighted by molar-refractivity contribution is 5.69. The number of carboxylic acids is 2. The Balaban J connectivity index is 0. The first-order valence-electron chi connectivity index (χ1n) is 6.90. The molecule has 0 saturated carbocycles. The number of carbonyl (C=O) groups is 2. The summed E-state index contributed by atoms with van der Waals surface area (Å²) < 4.78 is 0. The maximum atomic E-state index is 10.5. The first-order chi connectivity index (χ1) is 8.45. The van der Waals surface area contributed by atoms with Gasteiger partial charge in [0.1, 0.15) is 0 Å². The van der Waals surface area contributed by atoms with E-state index in [0.717, 1.165) is 12.8 Å². The van der Waals surface area contributed by atoms with Gasteiger partial charge in [-0.3, -0.25) is 9.59 Å². The van der Waals surface area contributed by atoms with Crippen molar-refractivity contribution in [3.8, 4) is 0 Å². The zero-order valence-electron chi connectivity index (χ0n) is 11.9. The van der Waals surface area contributed by atoms with Gasteiger partial charge < -0.3 is 10.2 Å². The van der Waals surface area contributed by atoms with Gasteiger partial charge in [0.05, 0.1) is 5.92 Å². The topological polar surface area (TPSA) is 74.6 Å². The van der Waals surface area contributed by atoms with Gasteiger partial charge in [0, 0.05) is 6.42 Å². The molecular formula is C14H28O4. The van der Waals surface area contributed by atoms with E-state index in [1.807, 2.05) is 0 Å². The van der Waals surface area contributed by atoms with Gasteiger partial charge in [-0.2, -0.15) is 0 Å². The highest BCUT2D eigenvalue weighted by Crippen LogP contribution is 2.11. The van der Waals surface area contributed by atoms with Crippen LogP contribution in [0.2, 0.25) is 0 Å². The standard InChI is InChI=1S/C11H22O2.C3H6O2/c1-3-4-5-6-7-8-9-10(2)11(12)13;1-2-3(4)5/h10H,3-9H2,1-2H3,(H,12,13);2H2,1H3,(H,4,5). The number of hydrogen-bond acceptors (Lipinski definition) is 2. The molecule has 2 N–H and O–H groups in total. The summed E-state index contributed by atoms with van der Waals surface area (Å²) in [6.07, 6.45) is 8.47. The first kappa shape index (κ1) is 19.3. The average Bonchev–Trinajstić information content (AvgIpc) is 2.33. The van der Waals surface area contributed by atoms with Gasteiger partial charge in [-0.25, -0.2) is 0 Å². The van der Waals surface area contributed by atoms with E-state index >= 15 is 0 Å². The Morgan fingerprint density at radius 1 is 0.944 bits per heavy atom. The van der Waals surface area contributed by atoms with E-state index in [9.17, 15) is 9.59 Å². The molecule has 0 spiro atoms. The van der Waals surface area contributed by atoms with Crippen molar-refractivity contribution < 1.29 is 19.8 Å². The fraction of sp³-hybridized carbons (Fsp3) is 0.857. The quantitative estimate of drug-likeness (QED) is 0.616. The Kier molecular flexibility index (Phi) is 15.0. The lowest BCUT2D eigenvalue weighted by Crippen LogP contribution is -2.08. The lowest BCUT2D eigenvalue weighted by molar-refractivity contribution is -0.141. The third-order valence-corrected chi connectivity index (χ3v) is 2.71. The molecule has 0 rings (SSSR count). The largest absolute Gasteiger partial charge is 0.481 e. The van der Waals surface area contributed by atoms with Crippen LogP contribution in [0, 0.1) is 5.92 Å². The average molecular weight is 260 g/mol. The van der Waals surface area contributed by atoms with Crippen molar-refractivity contribution in [3.63, 3.8) is 0 Å². The van der Waals surface area contributed by atoms with E-state index in [4.69, 9.17) is 10.2 Å². The molecule has 0 amide bonds. The van der Waals surface area contributed by atoms with Crippen LogP contribution in [0.1, 0.15) is 72.1 Å². The molecule has 0 aromatic heterocycles. The number of rotatable bonds is 9. The van der Waals surface area contributed by atoms with E-state index in [-0.39, 0.29) is 12.3 Å². The van der Waals surface area contributed by atoms with Crippen molar-refractivity contribution in [2.45, 2.75) is 72.1 Å². The van der Waals surface area contributed by atoms with Crippen LogP contribution in [0.3, 0.4) is 0 Å². The first-order valence-corrected chi connectivity index (χ1v) is 6.90. The smallest absolute Gasteiger partial charge is 0.306 e. The number of aliphatic carboxylic acids is 2. The molecule has 4 heteroatoms. The van der Waals surface area contributed by atoms with Gasteiger partial charge in [-0.1, -0.05) is 59.3 Å². The Morgan fingerprint density at radius 3 is 1.78 bits per heavy atom. The number of carboxylic acid groups (broad SMARTS) is 2. The van der Waals surface area contributed by atoms with Gasteiger partial charge in [0.2, 0.25) is 0 Å². The summed E-state index contributed by atoms with van der Waals surface area (Å²) in [5.74, 6) is -1.57. The van der Waals surface area contributed by atoms with Crippen molar-refractivity contribution in [2.24, 2.45) is 5.92 Å². The number of unbranched alkanes of at least 4 members (excludes halogenated alkanes) is 5. The van der Waals surface area contributed by atoms with Crippen molar-refractivity contribution >= 4 is 11.9 Å². The van der Waals surface area contributed by atoms with Crippen molar-refractivity contribution in [3.05, 3.63) is 0 Å². The van der Waals surface area contributed by atoms with Crippen LogP contribution in [-0.4, -0.2) is 22.2 Å². The van der Waals surface area contributed by atoms with Crippen LogP contribution >= 0.6 is 0 Å². The molecule has 18 heavy (non-hydrogen) atoms. The van der Waals surface area contributed by atoms with E-state index in [0.29, 0.717) is 0 Å². The minimum Gasteiger partial charge on any atom is -0.481 e. The molecule has 1 unspecified atom stereocenters. The van der Waals surface area contributed by atoms with Crippen molar-refractivity contribution in [1.29, 1.82) is 0 Å². The zero-order valence-corrected chi connectivity index (χ0v) is 11.9. The third-order valence-electron chi connectivity index (χ3n) is 2.71. The molecule has 0 aromatic rings. The molecule has 0 aliphatic heterocycles. The van der Waals surface area contributed by atoms with E-state index in [1.54, 1.807) is 13.8 Å². The van der Waals surface area contributed by atoms with E-state index in [1.165, 1.54) is 32.1 Å². The van der Waals surface area contributed by atoms with Crippen LogP contribution < -0.4 is 0 Å². The summed E-state index contributed by atoms with van der Waals surface area (Å²) in [6.45, 7) is 5.59. The van der Waals surface area contributed by atoms with Crippen LogP contribution in [-0.2, 0) is 9.59 Å². The molecule has 0 radical (unpaired) electrons. The highest BCUT2D eigenvalue weighted by Gasteiger charge is 2.09. The Hall–Kier alpha value is -1.06. The predicted octanol–water partition coefficient (Wildman–Crippen LogP) is 3.94. The van der Waals surface area contributed by atoms with Gasteiger partial charge in [-0.05, 0) is 6.42 Å². The summed E-state index contributed by atoms with van der Waals surface area (Å²) in [5, 5.41) is 16.3. The highest BCUT2D eigenvalue weighted by atomic mass is 16.4. The predicted molar refractivity (Wildman–Crippen MR) is 72.7 cm³/mol. The fourth-order valence-corrected chi connectivity index (χ4v) is 1.35. The molecule has 0 heterocycles. The van der Waals surface area contributed by atoms with Crippen molar-refractivity contribution in [2.75, 3.05) is 0 Å². The summed E-state index contributed by atoms with van der Waals surface area (Å²) in [7, 11) is 0. The minimum absolute atomic E-state index is 0.161. The second-order valence-corrected chi connectivity index (χ2v) is 4.54. The molecule has 0 fully saturated rings. The van der Waals surface area contributed by atoms with Crippen LogP contribution in [0.15, 0.2) is 0 Å². The maximum absolute atomic E-state index is 10.5. The minimum atomic E-state index is -0.745. The molecule has 1 atom stereocenters. The Labute approximate surface area is 110 Å². The van der Waals surface area contributed by atoms with Crippen molar-refractivity contribution in [1.82, 2.24) is 0 Å². The Morgan fingerprint density at radius 2 is 1.39 bits per heavy atom. The maximum Gasteiger partial charge on any atom is 0.306 e. The van der Waals surface area contributed by atoms with Gasteiger partial charge in [-0.15, -0.1) is 0 Å². The molecule has 0 saturated heterocycles. The van der Waals surface area contributed by atoms with Gasteiger partial charge in [0.25, 0.3) is 0 Å². The van der Waals surface area contributed by atoms with Gasteiger partial charge >= 0.3 is 11.9 Å². The zero-order chi connectivity index (χ0) is 14.4. The SMILES string of the molecule is CCC(=O)O.CCCCCCCCC(C)C(=O)O. The summed E-state index contributed by atoms with van der Waals surface area (Å²) in [5.41, 5.74) is 0. The lowest BCUT2D eigenvalue weighted by atomic mass is 10.0. The summed E-state index contributed by atoms with van der Waals surface area (Å²) in [6, 6.07) is 0. The Bertz CT molecular complexity index is 214. The monoisotopic (exact) mass is 260 g/mol. The lowest BCUT2D eigenvalue weighted by Gasteiger charge is -2.04. The molecule has 4 nitrogen and oxygen atoms in total. The summed E-state index contributed by atoms with van der Waals surface area (Å²) in [4.78, 5) is 19.8. The molecule has 0 bridgehead atoms. The molecule has 0 aromatic carbocycles. The molecule has 108 valence electrons. The van der Waals surface area contributed by atoms with Crippen LogP contribution in [0.4, 0.5) is 0 Å². The van der Waals surface area contributed by atoms with E-state index < -0.39 is 11.9 Å². The fourth-order valence-electron chi connectivity index (χ4n) is 1.35. The summed E-state index contributed by atoms with van der Waals surface area (Å²) >= 11 is 0. The normalized spacial score (nSPS) is 11.3. The second-order valence-electron chi connectivity index (χ2n) is 4.54. The molecular weight excluding hydrogens is 232 g/mol. The molecule has 0 aliphatic carbocycles. The third kappa shape index (κ3) is 17.3.